The first-order chi connectivity index (χ1) is 18.6. The Morgan fingerprint density at radius 2 is 1.77 bits per heavy atom. The standard InChI is InChI=1S/C24H14ClF6N3O5S/c1-10-18-20(36)33-22(37)34(9-17(35)23(26,27)28)21(18)40-19(10)12-3-5-15(16(7-12)39-24(29,30)31)38-14-4-2-11(8-32)6-13(14)25/h2-7,17,35H,9H2,1H3,(H,33,36,37)/t17-/m1/s1. The predicted octanol–water partition coefficient (Wildman–Crippen LogP) is 5.87. The molecule has 0 unspecified atom stereocenters. The minimum Gasteiger partial charge on any atom is -0.452 e. The molecule has 2 heterocycles. The van der Waals surface area contributed by atoms with Crippen LogP contribution in [0.5, 0.6) is 17.2 Å². The van der Waals surface area contributed by atoms with Gasteiger partial charge in [0, 0.05) is 4.88 Å². The van der Waals surface area contributed by atoms with Crippen LogP contribution < -0.4 is 20.7 Å². The minimum absolute atomic E-state index is 0.0472. The van der Waals surface area contributed by atoms with Crippen LogP contribution in [0.3, 0.4) is 0 Å². The highest BCUT2D eigenvalue weighted by Crippen LogP contribution is 2.43. The summed E-state index contributed by atoms with van der Waals surface area (Å²) in [6, 6.07) is 9.02. The van der Waals surface area contributed by atoms with Crippen molar-refractivity contribution in [3.8, 4) is 33.8 Å². The summed E-state index contributed by atoms with van der Waals surface area (Å²) < 4.78 is 88.8. The molecule has 0 saturated carbocycles. The maximum absolute atomic E-state index is 13.3. The number of aliphatic hydroxyl groups excluding tert-OH is 1. The Morgan fingerprint density at radius 1 is 1.10 bits per heavy atom. The summed E-state index contributed by atoms with van der Waals surface area (Å²) in [5.74, 6) is -1.33. The Kier molecular flexibility index (Phi) is 7.63. The topological polar surface area (TPSA) is 117 Å². The number of aromatic amines is 1. The van der Waals surface area contributed by atoms with E-state index in [1.165, 1.54) is 31.2 Å². The molecule has 0 radical (unpaired) electrons. The number of hydrogen-bond acceptors (Lipinski definition) is 7. The second kappa shape index (κ2) is 10.5. The van der Waals surface area contributed by atoms with Crippen molar-refractivity contribution in [1.29, 1.82) is 5.26 Å². The van der Waals surface area contributed by atoms with Crippen molar-refractivity contribution in [3.05, 3.63) is 73.4 Å². The maximum Gasteiger partial charge on any atom is 0.573 e. The number of thiophene rings is 1. The van der Waals surface area contributed by atoms with Gasteiger partial charge in [-0.05, 0) is 54.4 Å². The Labute approximate surface area is 228 Å². The number of H-pyrrole nitrogens is 1. The van der Waals surface area contributed by atoms with E-state index in [-0.39, 0.29) is 42.6 Å². The summed E-state index contributed by atoms with van der Waals surface area (Å²) in [5, 5.41) is 18.2. The van der Waals surface area contributed by atoms with Crippen LogP contribution in [0.15, 0.2) is 46.0 Å². The van der Waals surface area contributed by atoms with Gasteiger partial charge >= 0.3 is 18.2 Å². The number of nitriles is 1. The zero-order chi connectivity index (χ0) is 29.6. The fourth-order valence-electron chi connectivity index (χ4n) is 3.70. The third-order valence-electron chi connectivity index (χ3n) is 5.51. The summed E-state index contributed by atoms with van der Waals surface area (Å²) in [6.45, 7) is 0.166. The van der Waals surface area contributed by atoms with Crippen molar-refractivity contribution in [1.82, 2.24) is 9.55 Å². The third-order valence-corrected chi connectivity index (χ3v) is 7.17. The van der Waals surface area contributed by atoms with Crippen LogP contribution in [0.2, 0.25) is 5.02 Å². The van der Waals surface area contributed by atoms with Gasteiger partial charge in [0.2, 0.25) is 0 Å². The molecule has 0 fully saturated rings. The Morgan fingerprint density at radius 3 is 2.38 bits per heavy atom. The molecular weight excluding hydrogens is 592 g/mol. The average molecular weight is 606 g/mol. The minimum atomic E-state index is -5.16. The highest BCUT2D eigenvalue weighted by Gasteiger charge is 2.39. The Bertz CT molecular complexity index is 1770. The van der Waals surface area contributed by atoms with Gasteiger partial charge in [-0.25, -0.2) is 4.79 Å². The number of aromatic nitrogens is 2. The second-order valence-corrected chi connectivity index (χ2v) is 9.64. The van der Waals surface area contributed by atoms with Gasteiger partial charge in [0.1, 0.15) is 10.6 Å². The molecule has 8 nitrogen and oxygen atoms in total. The predicted molar refractivity (Wildman–Crippen MR) is 132 cm³/mol. The number of alkyl halides is 6. The molecule has 40 heavy (non-hydrogen) atoms. The van der Waals surface area contributed by atoms with Crippen molar-refractivity contribution in [2.45, 2.75) is 32.1 Å². The van der Waals surface area contributed by atoms with E-state index >= 15 is 0 Å². The van der Waals surface area contributed by atoms with Crippen LogP contribution in [0.25, 0.3) is 20.7 Å². The lowest BCUT2D eigenvalue weighted by atomic mass is 10.1. The highest BCUT2D eigenvalue weighted by molar-refractivity contribution is 7.22. The molecule has 4 rings (SSSR count). The highest BCUT2D eigenvalue weighted by atomic mass is 35.5. The molecule has 0 saturated heterocycles. The number of nitrogens with one attached hydrogen (secondary N) is 1. The van der Waals surface area contributed by atoms with Crippen molar-refractivity contribution in [3.63, 3.8) is 0 Å². The number of halogens is 7. The van der Waals surface area contributed by atoms with E-state index in [0.29, 0.717) is 15.9 Å². The lowest BCUT2D eigenvalue weighted by Gasteiger charge is -2.16. The van der Waals surface area contributed by atoms with Crippen LogP contribution >= 0.6 is 22.9 Å². The number of nitrogens with zero attached hydrogens (tertiary/aromatic N) is 2. The molecular formula is C24H14ClF6N3O5S. The molecule has 2 N–H and O–H groups in total. The number of aryl methyl sites for hydroxylation is 1. The van der Waals surface area contributed by atoms with Crippen molar-refractivity contribution in [2.24, 2.45) is 0 Å². The van der Waals surface area contributed by atoms with E-state index in [0.717, 1.165) is 12.1 Å². The number of aliphatic hydroxyl groups is 1. The lowest BCUT2D eigenvalue weighted by Crippen LogP contribution is -2.38. The number of rotatable bonds is 6. The van der Waals surface area contributed by atoms with Gasteiger partial charge in [-0.15, -0.1) is 24.5 Å². The molecule has 0 bridgehead atoms. The maximum atomic E-state index is 13.3. The van der Waals surface area contributed by atoms with E-state index in [4.69, 9.17) is 21.6 Å². The van der Waals surface area contributed by atoms with E-state index in [1.807, 2.05) is 11.1 Å². The zero-order valence-electron chi connectivity index (χ0n) is 19.8. The molecule has 0 amide bonds. The molecule has 0 aliphatic heterocycles. The fraction of sp³-hybridized carbons (Fsp3) is 0.208. The number of benzene rings is 2. The molecule has 16 heteroatoms. The van der Waals surface area contributed by atoms with Gasteiger partial charge in [-0.3, -0.25) is 14.3 Å². The van der Waals surface area contributed by atoms with Gasteiger partial charge in [0.25, 0.3) is 5.56 Å². The molecule has 0 aliphatic carbocycles. The van der Waals surface area contributed by atoms with Crippen molar-refractivity contribution in [2.75, 3.05) is 0 Å². The monoisotopic (exact) mass is 605 g/mol. The van der Waals surface area contributed by atoms with Gasteiger partial charge < -0.3 is 14.6 Å². The van der Waals surface area contributed by atoms with E-state index in [2.05, 4.69) is 4.74 Å². The largest absolute Gasteiger partial charge is 0.573 e. The van der Waals surface area contributed by atoms with Crippen LogP contribution in [-0.4, -0.2) is 33.3 Å². The smallest absolute Gasteiger partial charge is 0.452 e. The van der Waals surface area contributed by atoms with Crippen LogP contribution in [0, 0.1) is 18.3 Å². The van der Waals surface area contributed by atoms with Gasteiger partial charge in [0.05, 0.1) is 28.6 Å². The Hall–Kier alpha value is -4.00. The lowest BCUT2D eigenvalue weighted by molar-refractivity contribution is -0.275. The van der Waals surface area contributed by atoms with E-state index < -0.39 is 47.9 Å². The molecule has 210 valence electrons. The molecule has 2 aromatic heterocycles. The first-order valence-corrected chi connectivity index (χ1v) is 12.1. The normalized spacial score (nSPS) is 12.8. The van der Waals surface area contributed by atoms with Crippen molar-refractivity contribution < 1.29 is 40.9 Å². The third kappa shape index (κ3) is 5.93. The molecule has 0 spiro atoms. The summed E-state index contributed by atoms with van der Waals surface area (Å²) in [5.41, 5.74) is -1.77. The van der Waals surface area contributed by atoms with Gasteiger partial charge in [-0.2, -0.15) is 18.4 Å². The average Bonchev–Trinajstić information content (AvgIpc) is 3.19. The van der Waals surface area contributed by atoms with Crippen LogP contribution in [0.1, 0.15) is 11.1 Å². The van der Waals surface area contributed by atoms with Gasteiger partial charge in [-0.1, -0.05) is 11.6 Å². The van der Waals surface area contributed by atoms with Gasteiger partial charge in [0.15, 0.2) is 17.6 Å². The molecule has 2 aromatic carbocycles. The number of ether oxygens (including phenoxy) is 2. The second-order valence-electron chi connectivity index (χ2n) is 8.23. The molecule has 1 atom stereocenters. The summed E-state index contributed by atoms with van der Waals surface area (Å²) >= 11 is 6.72. The quantitative estimate of drug-likeness (QED) is 0.266. The summed E-state index contributed by atoms with van der Waals surface area (Å²) in [6.07, 6.45) is -13.2. The molecule has 0 aliphatic rings. The Balaban J connectivity index is 1.85. The van der Waals surface area contributed by atoms with Crippen molar-refractivity contribution >= 4 is 33.2 Å². The van der Waals surface area contributed by atoms with Crippen LogP contribution in [0.4, 0.5) is 26.3 Å². The molecule has 4 aromatic rings. The summed E-state index contributed by atoms with van der Waals surface area (Å²) in [7, 11) is 0. The number of hydrogen-bond donors (Lipinski definition) is 2. The van der Waals surface area contributed by atoms with E-state index in [9.17, 15) is 41.0 Å². The van der Waals surface area contributed by atoms with Crippen LogP contribution in [-0.2, 0) is 6.54 Å². The number of fused-ring (bicyclic) bond motifs is 1. The first kappa shape index (κ1) is 29.0. The zero-order valence-corrected chi connectivity index (χ0v) is 21.3. The summed E-state index contributed by atoms with van der Waals surface area (Å²) in [4.78, 5) is 26.6. The fourth-order valence-corrected chi connectivity index (χ4v) is 5.23. The SMILES string of the molecule is Cc1c(-c2ccc(Oc3ccc(C#N)cc3Cl)c(OC(F)(F)F)c2)sc2c1c(=O)[nH]c(=O)n2C[C@@H](O)C(F)(F)F. The van der Waals surface area contributed by atoms with E-state index in [1.54, 1.807) is 0 Å². The first-order valence-electron chi connectivity index (χ1n) is 10.9.